The molecular weight excluding hydrogens is 417 g/mol. The van der Waals surface area contributed by atoms with Crippen LogP contribution in [0.4, 0.5) is 9.18 Å². The number of rotatable bonds is 5. The van der Waals surface area contributed by atoms with Gasteiger partial charge < -0.3 is 4.90 Å². The molecule has 1 unspecified atom stereocenters. The van der Waals surface area contributed by atoms with E-state index in [0.29, 0.717) is 12.1 Å². The van der Waals surface area contributed by atoms with Crippen LogP contribution in [0.3, 0.4) is 0 Å². The van der Waals surface area contributed by atoms with Crippen LogP contribution in [-0.4, -0.2) is 44.9 Å². The number of halogens is 1. The zero-order valence-corrected chi connectivity index (χ0v) is 17.7. The third-order valence-corrected chi connectivity index (χ3v) is 6.39. The summed E-state index contributed by atoms with van der Waals surface area (Å²) in [4.78, 5) is 45.4. The van der Waals surface area contributed by atoms with E-state index in [1.165, 1.54) is 12.1 Å². The third kappa shape index (κ3) is 4.85. The van der Waals surface area contributed by atoms with Crippen LogP contribution in [0.15, 0.2) is 53.7 Å². The molecule has 0 saturated carbocycles. The first-order valence-corrected chi connectivity index (χ1v) is 11.0. The van der Waals surface area contributed by atoms with Crippen molar-refractivity contribution in [3.63, 3.8) is 0 Å². The lowest BCUT2D eigenvalue weighted by molar-refractivity contribution is -0.135. The fourth-order valence-electron chi connectivity index (χ4n) is 3.90. The highest BCUT2D eigenvalue weighted by atomic mass is 32.2. The molecular formula is C23H22FN3O3S. The standard InChI is InChI=1S/C23H22FN3O3S/c24-18-8-6-16(7-9-18)14-20-22(29)27(23(30)31-20)13-10-21(28)26-12-2-1-5-19(26)17-4-3-11-25-15-17/h3-4,6-9,11,14-15,19H,1-2,5,10,12-13H2/b20-14-. The van der Waals surface area contributed by atoms with E-state index in [2.05, 4.69) is 4.98 Å². The first kappa shape index (κ1) is 21.2. The van der Waals surface area contributed by atoms with Gasteiger partial charge in [-0.15, -0.1) is 0 Å². The van der Waals surface area contributed by atoms with E-state index in [9.17, 15) is 18.8 Å². The Morgan fingerprint density at radius 3 is 2.74 bits per heavy atom. The van der Waals surface area contributed by atoms with Gasteiger partial charge in [0.25, 0.3) is 11.1 Å². The van der Waals surface area contributed by atoms with E-state index in [0.717, 1.165) is 41.5 Å². The highest BCUT2D eigenvalue weighted by Gasteiger charge is 2.36. The number of hydrogen-bond donors (Lipinski definition) is 0. The zero-order valence-electron chi connectivity index (χ0n) is 16.9. The summed E-state index contributed by atoms with van der Waals surface area (Å²) in [6.45, 7) is 0.700. The highest BCUT2D eigenvalue weighted by molar-refractivity contribution is 8.18. The summed E-state index contributed by atoms with van der Waals surface area (Å²) >= 11 is 0.837. The molecule has 3 heterocycles. The minimum atomic E-state index is -0.422. The molecule has 2 saturated heterocycles. The van der Waals surface area contributed by atoms with E-state index in [-0.39, 0.29) is 35.6 Å². The van der Waals surface area contributed by atoms with E-state index in [1.807, 2.05) is 17.0 Å². The molecule has 8 heteroatoms. The van der Waals surface area contributed by atoms with Crippen molar-refractivity contribution in [1.82, 2.24) is 14.8 Å². The molecule has 0 aliphatic carbocycles. The normalized spacial score (nSPS) is 20.5. The molecule has 160 valence electrons. The van der Waals surface area contributed by atoms with E-state index in [1.54, 1.807) is 30.6 Å². The molecule has 2 aromatic rings. The fraction of sp³-hybridized carbons (Fsp3) is 0.304. The summed E-state index contributed by atoms with van der Waals surface area (Å²) in [6, 6.07) is 9.49. The van der Waals surface area contributed by atoms with Crippen molar-refractivity contribution < 1.29 is 18.8 Å². The predicted octanol–water partition coefficient (Wildman–Crippen LogP) is 4.40. The molecule has 2 fully saturated rings. The molecule has 2 aliphatic heterocycles. The van der Waals surface area contributed by atoms with Crippen LogP contribution in [-0.2, 0) is 9.59 Å². The van der Waals surface area contributed by atoms with Crippen molar-refractivity contribution in [2.75, 3.05) is 13.1 Å². The molecule has 3 amide bonds. The number of piperidine rings is 1. The minimum absolute atomic E-state index is 0.0248. The number of aromatic nitrogens is 1. The van der Waals surface area contributed by atoms with Crippen LogP contribution >= 0.6 is 11.8 Å². The van der Waals surface area contributed by atoms with Gasteiger partial charge in [0.05, 0.1) is 10.9 Å². The van der Waals surface area contributed by atoms with Crippen molar-refractivity contribution >= 4 is 34.9 Å². The van der Waals surface area contributed by atoms with Crippen LogP contribution in [0, 0.1) is 5.82 Å². The summed E-state index contributed by atoms with van der Waals surface area (Å²) in [7, 11) is 0. The van der Waals surface area contributed by atoms with E-state index in [4.69, 9.17) is 0 Å². The first-order chi connectivity index (χ1) is 15.0. The van der Waals surface area contributed by atoms with Crippen molar-refractivity contribution in [3.05, 3.63) is 70.6 Å². The van der Waals surface area contributed by atoms with E-state index < -0.39 is 11.1 Å². The third-order valence-electron chi connectivity index (χ3n) is 5.48. The number of likely N-dealkylation sites (tertiary alicyclic amines) is 1. The number of hydrogen-bond acceptors (Lipinski definition) is 5. The van der Waals surface area contributed by atoms with Crippen molar-refractivity contribution in [3.8, 4) is 0 Å². The molecule has 4 rings (SSSR count). The molecule has 0 spiro atoms. The minimum Gasteiger partial charge on any atom is -0.336 e. The smallest absolute Gasteiger partial charge is 0.293 e. The molecule has 1 aromatic heterocycles. The number of benzene rings is 1. The van der Waals surface area contributed by atoms with Gasteiger partial charge in [-0.25, -0.2) is 4.39 Å². The number of carbonyl (C=O) groups excluding carboxylic acids is 3. The maximum Gasteiger partial charge on any atom is 0.293 e. The summed E-state index contributed by atoms with van der Waals surface area (Å²) in [5.74, 6) is -0.865. The number of carbonyl (C=O) groups is 3. The Hall–Kier alpha value is -3.00. The SMILES string of the molecule is O=C1S/C(=C\c2ccc(F)cc2)C(=O)N1CCC(=O)N1CCCCC1c1cccnc1. The lowest BCUT2D eigenvalue weighted by Gasteiger charge is -2.36. The van der Waals surface area contributed by atoms with Crippen LogP contribution < -0.4 is 0 Å². The van der Waals surface area contributed by atoms with Gasteiger partial charge in [0.1, 0.15) is 5.82 Å². The summed E-state index contributed by atoms with van der Waals surface area (Å²) in [5, 5.41) is -0.395. The van der Waals surface area contributed by atoms with Gasteiger partial charge in [-0.2, -0.15) is 0 Å². The topological polar surface area (TPSA) is 70.6 Å². The average Bonchev–Trinajstić information content (AvgIpc) is 3.06. The van der Waals surface area contributed by atoms with Crippen LogP contribution in [0.1, 0.15) is 42.9 Å². The van der Waals surface area contributed by atoms with Gasteiger partial charge in [0.15, 0.2) is 0 Å². The Kier molecular flexibility index (Phi) is 6.46. The van der Waals surface area contributed by atoms with Crippen LogP contribution in [0.25, 0.3) is 6.08 Å². The number of nitrogens with zero attached hydrogens (tertiary/aromatic N) is 3. The summed E-state index contributed by atoms with van der Waals surface area (Å²) in [6.07, 6.45) is 7.99. The molecule has 31 heavy (non-hydrogen) atoms. The largest absolute Gasteiger partial charge is 0.336 e. The molecule has 0 N–H and O–H groups in total. The highest BCUT2D eigenvalue weighted by Crippen LogP contribution is 2.34. The Labute approximate surface area is 184 Å². The second-order valence-corrected chi connectivity index (χ2v) is 8.51. The molecule has 1 aromatic carbocycles. The second kappa shape index (κ2) is 9.43. The quantitative estimate of drug-likeness (QED) is 0.646. The number of thioether (sulfide) groups is 1. The first-order valence-electron chi connectivity index (χ1n) is 10.2. The maximum absolute atomic E-state index is 13.1. The average molecular weight is 440 g/mol. The maximum atomic E-state index is 13.1. The molecule has 0 radical (unpaired) electrons. The van der Waals surface area contributed by atoms with Crippen molar-refractivity contribution in [2.24, 2.45) is 0 Å². The second-order valence-electron chi connectivity index (χ2n) is 7.52. The Bertz CT molecular complexity index is 1010. The van der Waals surface area contributed by atoms with Gasteiger partial charge in [-0.05, 0) is 66.4 Å². The molecule has 1 atom stereocenters. The molecule has 2 aliphatic rings. The Morgan fingerprint density at radius 2 is 2.00 bits per heavy atom. The number of imide groups is 1. The fourth-order valence-corrected chi connectivity index (χ4v) is 4.77. The van der Waals surface area contributed by atoms with E-state index >= 15 is 0 Å². The van der Waals surface area contributed by atoms with Gasteiger partial charge in [-0.3, -0.25) is 24.3 Å². The van der Waals surface area contributed by atoms with Gasteiger partial charge in [0, 0.05) is 31.9 Å². The Morgan fingerprint density at radius 1 is 1.19 bits per heavy atom. The van der Waals surface area contributed by atoms with Gasteiger partial charge >= 0.3 is 0 Å². The summed E-state index contributed by atoms with van der Waals surface area (Å²) in [5.41, 5.74) is 1.64. The predicted molar refractivity (Wildman–Crippen MR) is 116 cm³/mol. The van der Waals surface area contributed by atoms with Crippen molar-refractivity contribution in [2.45, 2.75) is 31.7 Å². The lowest BCUT2D eigenvalue weighted by Crippen LogP contribution is -2.40. The monoisotopic (exact) mass is 439 g/mol. The molecule has 6 nitrogen and oxygen atoms in total. The van der Waals surface area contributed by atoms with Crippen LogP contribution in [0.2, 0.25) is 0 Å². The van der Waals surface area contributed by atoms with Crippen LogP contribution in [0.5, 0.6) is 0 Å². The Balaban J connectivity index is 1.41. The zero-order chi connectivity index (χ0) is 21.8. The van der Waals surface area contributed by atoms with Crippen molar-refractivity contribution in [1.29, 1.82) is 0 Å². The molecule has 0 bridgehead atoms. The number of amides is 3. The lowest BCUT2D eigenvalue weighted by atomic mass is 9.96. The van der Waals surface area contributed by atoms with Gasteiger partial charge in [-0.1, -0.05) is 18.2 Å². The van der Waals surface area contributed by atoms with Gasteiger partial charge in [0.2, 0.25) is 5.91 Å². The summed E-state index contributed by atoms with van der Waals surface area (Å²) < 4.78 is 13.1. The number of pyridine rings is 1.